The number of aliphatic hydroxyl groups is 1. The molecule has 5 heteroatoms. The third-order valence-electron chi connectivity index (χ3n) is 2.53. The Balaban J connectivity index is 2.83. The molecule has 100 valence electrons. The highest BCUT2D eigenvalue weighted by Gasteiger charge is 2.18. The molecule has 0 aliphatic heterocycles. The summed E-state index contributed by atoms with van der Waals surface area (Å²) in [6.45, 7) is 3.33. The van der Waals surface area contributed by atoms with E-state index in [-0.39, 0.29) is 5.91 Å². The molecule has 1 aromatic carbocycles. The van der Waals surface area contributed by atoms with E-state index in [1.165, 1.54) is 4.90 Å². The molecule has 4 nitrogen and oxygen atoms in total. The van der Waals surface area contributed by atoms with Crippen molar-refractivity contribution in [2.75, 3.05) is 14.1 Å². The minimum atomic E-state index is -0.602. The van der Waals surface area contributed by atoms with Crippen LogP contribution >= 0.6 is 11.6 Å². The summed E-state index contributed by atoms with van der Waals surface area (Å²) in [5.74, 6) is 0.300. The van der Waals surface area contributed by atoms with Gasteiger partial charge in [0.15, 0.2) is 6.10 Å². The Morgan fingerprint density at radius 2 is 2.00 bits per heavy atom. The molecular formula is C13H18ClNO3. The first-order valence-electron chi connectivity index (χ1n) is 5.68. The van der Waals surface area contributed by atoms with Gasteiger partial charge in [-0.05, 0) is 31.5 Å². The summed E-state index contributed by atoms with van der Waals surface area (Å²) in [6, 6.07) is 5.01. The highest BCUT2D eigenvalue weighted by Crippen LogP contribution is 2.28. The molecule has 0 aliphatic carbocycles. The number of carbonyl (C=O) groups excluding carboxylic acids is 1. The summed E-state index contributed by atoms with van der Waals surface area (Å²) in [6.07, 6.45) is -1.19. The third kappa shape index (κ3) is 3.62. The molecule has 0 spiro atoms. The molecule has 0 bridgehead atoms. The quantitative estimate of drug-likeness (QED) is 0.914. The second-order valence-corrected chi connectivity index (χ2v) is 4.77. The van der Waals surface area contributed by atoms with E-state index in [4.69, 9.17) is 16.3 Å². The number of hydrogen-bond donors (Lipinski definition) is 1. The molecular weight excluding hydrogens is 254 g/mol. The van der Waals surface area contributed by atoms with Crippen LogP contribution in [0.3, 0.4) is 0 Å². The Morgan fingerprint density at radius 3 is 2.44 bits per heavy atom. The Kier molecular flexibility index (Phi) is 4.99. The third-order valence-corrected chi connectivity index (χ3v) is 2.83. The molecule has 0 aromatic heterocycles. The number of carbonyl (C=O) groups is 1. The zero-order chi connectivity index (χ0) is 13.9. The summed E-state index contributed by atoms with van der Waals surface area (Å²) in [5, 5.41) is 9.80. The van der Waals surface area contributed by atoms with Gasteiger partial charge in [-0.1, -0.05) is 17.7 Å². The molecule has 1 unspecified atom stereocenters. The predicted octanol–water partition coefficient (Wildman–Crippen LogP) is 2.25. The van der Waals surface area contributed by atoms with Gasteiger partial charge in [0, 0.05) is 14.1 Å². The number of ether oxygens (including phenoxy) is 1. The standard InChI is InChI=1S/C13H18ClNO3/c1-8(16)10-5-6-12(11(14)7-10)18-9(2)13(17)15(3)4/h5-9,16H,1-4H3/t8-,9?/m1/s1. The lowest BCUT2D eigenvalue weighted by Crippen LogP contribution is -2.35. The van der Waals surface area contributed by atoms with Crippen molar-refractivity contribution in [3.63, 3.8) is 0 Å². The highest BCUT2D eigenvalue weighted by atomic mass is 35.5. The van der Waals surface area contributed by atoms with Crippen LogP contribution in [0.5, 0.6) is 5.75 Å². The first-order valence-corrected chi connectivity index (χ1v) is 6.06. The second kappa shape index (κ2) is 6.07. The SMILES string of the molecule is CC(Oc1ccc([C@@H](C)O)cc1Cl)C(=O)N(C)C. The average Bonchev–Trinajstić information content (AvgIpc) is 2.30. The van der Waals surface area contributed by atoms with E-state index in [2.05, 4.69) is 0 Å². The first kappa shape index (κ1) is 14.8. The van der Waals surface area contributed by atoms with Crippen LogP contribution in [0, 0.1) is 0 Å². The number of likely N-dealkylation sites (N-methyl/N-ethyl adjacent to an activating group) is 1. The first-order chi connectivity index (χ1) is 8.32. The number of halogens is 1. The van der Waals surface area contributed by atoms with Crippen molar-refractivity contribution in [3.05, 3.63) is 28.8 Å². The smallest absolute Gasteiger partial charge is 0.262 e. The lowest BCUT2D eigenvalue weighted by molar-refractivity contribution is -0.135. The van der Waals surface area contributed by atoms with Crippen molar-refractivity contribution < 1.29 is 14.6 Å². The van der Waals surface area contributed by atoms with Gasteiger partial charge in [-0.2, -0.15) is 0 Å². The van der Waals surface area contributed by atoms with Crippen LogP contribution in [0.15, 0.2) is 18.2 Å². The topological polar surface area (TPSA) is 49.8 Å². The van der Waals surface area contributed by atoms with Gasteiger partial charge in [-0.15, -0.1) is 0 Å². The van der Waals surface area contributed by atoms with E-state index in [0.29, 0.717) is 16.3 Å². The van der Waals surface area contributed by atoms with Crippen LogP contribution in [-0.4, -0.2) is 36.1 Å². The van der Waals surface area contributed by atoms with Crippen LogP contribution < -0.4 is 4.74 Å². The van der Waals surface area contributed by atoms with Gasteiger partial charge < -0.3 is 14.7 Å². The lowest BCUT2D eigenvalue weighted by atomic mass is 10.1. The van der Waals surface area contributed by atoms with Gasteiger partial charge in [-0.25, -0.2) is 0 Å². The summed E-state index contributed by atoms with van der Waals surface area (Å²) in [7, 11) is 3.33. The Morgan fingerprint density at radius 1 is 1.39 bits per heavy atom. The van der Waals surface area contributed by atoms with Crippen molar-refractivity contribution in [3.8, 4) is 5.75 Å². The maximum absolute atomic E-state index is 11.7. The summed E-state index contributed by atoms with van der Waals surface area (Å²) in [5.41, 5.74) is 0.707. The maximum atomic E-state index is 11.7. The van der Waals surface area contributed by atoms with Crippen molar-refractivity contribution in [1.29, 1.82) is 0 Å². The van der Waals surface area contributed by atoms with Gasteiger partial charge >= 0.3 is 0 Å². The lowest BCUT2D eigenvalue weighted by Gasteiger charge is -2.19. The number of amides is 1. The number of nitrogens with zero attached hydrogens (tertiary/aromatic N) is 1. The maximum Gasteiger partial charge on any atom is 0.262 e. The molecule has 0 heterocycles. The molecule has 1 rings (SSSR count). The zero-order valence-electron chi connectivity index (χ0n) is 11.0. The van der Waals surface area contributed by atoms with Gasteiger partial charge in [0.2, 0.25) is 0 Å². The van der Waals surface area contributed by atoms with Gasteiger partial charge in [0.1, 0.15) is 5.75 Å². The Hall–Kier alpha value is -1.26. The van der Waals surface area contributed by atoms with Crippen molar-refractivity contribution in [2.24, 2.45) is 0 Å². The summed E-state index contributed by atoms with van der Waals surface area (Å²) < 4.78 is 5.50. The molecule has 0 saturated heterocycles. The van der Waals surface area contributed by atoms with Crippen LogP contribution in [0.4, 0.5) is 0 Å². The minimum Gasteiger partial charge on any atom is -0.479 e. The largest absolute Gasteiger partial charge is 0.479 e. The summed E-state index contributed by atoms with van der Waals surface area (Å²) >= 11 is 6.04. The number of aliphatic hydroxyl groups excluding tert-OH is 1. The molecule has 2 atom stereocenters. The number of hydrogen-bond acceptors (Lipinski definition) is 3. The van der Waals surface area contributed by atoms with Gasteiger partial charge in [0.05, 0.1) is 11.1 Å². The fraction of sp³-hybridized carbons (Fsp3) is 0.462. The van der Waals surface area contributed by atoms with E-state index in [1.807, 2.05) is 0 Å². The van der Waals surface area contributed by atoms with Gasteiger partial charge in [0.25, 0.3) is 5.91 Å². The molecule has 1 amide bonds. The zero-order valence-corrected chi connectivity index (χ0v) is 11.7. The Labute approximate surface area is 112 Å². The van der Waals surface area contributed by atoms with E-state index in [1.54, 1.807) is 46.1 Å². The molecule has 1 N–H and O–H groups in total. The van der Waals surface area contributed by atoms with Crippen molar-refractivity contribution in [2.45, 2.75) is 26.1 Å². The number of benzene rings is 1. The van der Waals surface area contributed by atoms with E-state index in [0.717, 1.165) is 0 Å². The fourth-order valence-electron chi connectivity index (χ4n) is 1.48. The minimum absolute atomic E-state index is 0.134. The molecule has 0 saturated carbocycles. The molecule has 0 radical (unpaired) electrons. The van der Waals surface area contributed by atoms with Crippen LogP contribution in [0.2, 0.25) is 5.02 Å². The Bertz CT molecular complexity index is 432. The second-order valence-electron chi connectivity index (χ2n) is 4.36. The van der Waals surface area contributed by atoms with Crippen LogP contribution in [0.25, 0.3) is 0 Å². The summed E-state index contributed by atoms with van der Waals surface area (Å²) in [4.78, 5) is 13.1. The van der Waals surface area contributed by atoms with Crippen molar-refractivity contribution >= 4 is 17.5 Å². The van der Waals surface area contributed by atoms with Gasteiger partial charge in [-0.3, -0.25) is 4.79 Å². The molecule has 18 heavy (non-hydrogen) atoms. The van der Waals surface area contributed by atoms with Crippen LogP contribution in [0.1, 0.15) is 25.5 Å². The van der Waals surface area contributed by atoms with Crippen molar-refractivity contribution in [1.82, 2.24) is 4.90 Å². The normalized spacial score (nSPS) is 13.9. The van der Waals surface area contributed by atoms with E-state index in [9.17, 15) is 9.90 Å². The monoisotopic (exact) mass is 271 g/mol. The molecule has 0 aliphatic rings. The molecule has 1 aromatic rings. The molecule has 0 fully saturated rings. The fourth-order valence-corrected chi connectivity index (χ4v) is 1.71. The van der Waals surface area contributed by atoms with E-state index < -0.39 is 12.2 Å². The predicted molar refractivity (Wildman–Crippen MR) is 70.9 cm³/mol. The number of rotatable bonds is 4. The van der Waals surface area contributed by atoms with Crippen LogP contribution in [-0.2, 0) is 4.79 Å². The highest BCUT2D eigenvalue weighted by molar-refractivity contribution is 6.32. The average molecular weight is 272 g/mol. The van der Waals surface area contributed by atoms with E-state index >= 15 is 0 Å².